The molecule has 0 radical (unpaired) electrons. The predicted molar refractivity (Wildman–Crippen MR) is 125 cm³/mol. The average molecular weight is 518 g/mol. The van der Waals surface area contributed by atoms with Crippen LogP contribution in [0.4, 0.5) is 5.69 Å². The third-order valence-corrected chi connectivity index (χ3v) is 7.34. The molecule has 1 heterocycles. The number of nitrogens with one attached hydrogen (secondary N) is 2. The van der Waals surface area contributed by atoms with E-state index >= 15 is 0 Å². The van der Waals surface area contributed by atoms with E-state index < -0.39 is 46.7 Å². The highest BCUT2D eigenvalue weighted by molar-refractivity contribution is 7.86. The number of amides is 1. The Labute approximate surface area is 199 Å². The first-order valence-corrected chi connectivity index (χ1v) is 12.8. The Kier molecular flexibility index (Phi) is 5.89. The van der Waals surface area contributed by atoms with Crippen LogP contribution in [0.5, 0.6) is 0 Å². The Balaban J connectivity index is 2.21. The first-order chi connectivity index (χ1) is 16.3. The first-order valence-electron chi connectivity index (χ1n) is 9.95. The Morgan fingerprint density at radius 2 is 1.66 bits per heavy atom. The fraction of sp³-hybridized carbons (Fsp3) is 0.0909. The van der Waals surface area contributed by atoms with Gasteiger partial charge in [0.1, 0.15) is 0 Å². The molecule has 2 aliphatic rings. The smallest absolute Gasteiger partial charge is 0.300 e. The maximum Gasteiger partial charge on any atom is 0.300 e. The van der Waals surface area contributed by atoms with Gasteiger partial charge in [-0.25, -0.2) is 0 Å². The van der Waals surface area contributed by atoms with Crippen molar-refractivity contribution in [3.8, 4) is 11.3 Å². The van der Waals surface area contributed by atoms with Crippen LogP contribution in [0.3, 0.4) is 0 Å². The van der Waals surface area contributed by atoms with Crippen LogP contribution in [0.1, 0.15) is 21.5 Å². The summed E-state index contributed by atoms with van der Waals surface area (Å²) in [5.41, 5.74) is 6.24. The van der Waals surface area contributed by atoms with E-state index in [2.05, 4.69) is 5.32 Å². The molecule has 0 saturated heterocycles. The zero-order valence-corrected chi connectivity index (χ0v) is 19.7. The summed E-state index contributed by atoms with van der Waals surface area (Å²) >= 11 is 0. The van der Waals surface area contributed by atoms with Gasteiger partial charge in [-0.05, 0) is 47.9 Å². The van der Waals surface area contributed by atoms with Crippen molar-refractivity contribution >= 4 is 42.8 Å². The average Bonchev–Trinajstić information content (AvgIpc) is 2.76. The third-order valence-electron chi connectivity index (χ3n) is 5.48. The second kappa shape index (κ2) is 8.46. The topological polar surface area (TPSA) is 201 Å². The number of nitrogens with two attached hydrogens (primary N) is 1. The minimum absolute atomic E-state index is 0.00987. The van der Waals surface area contributed by atoms with Gasteiger partial charge in [0.15, 0.2) is 21.1 Å². The standard InChI is InChI=1S/C22H19N3O8S2/c1-25-22(26)12-5-3-2-4-11(12)10-15-13-6-8-16(23)20(34(27,28)29)18(13)33-19-14(15)7-9-17(24)21(19)35(30,31)32/h2-9,23H,10,24H2,1H3,(H,25,26)(H,27,28,29)(H,30,31,32). The van der Waals surface area contributed by atoms with E-state index in [9.17, 15) is 30.7 Å². The van der Waals surface area contributed by atoms with Gasteiger partial charge in [-0.3, -0.25) is 19.3 Å². The van der Waals surface area contributed by atoms with Gasteiger partial charge < -0.3 is 15.5 Å². The molecule has 1 aliphatic heterocycles. The maximum absolute atomic E-state index is 12.4. The fourth-order valence-electron chi connectivity index (χ4n) is 4.00. The summed E-state index contributed by atoms with van der Waals surface area (Å²) in [6.07, 6.45) is -0.00987. The monoisotopic (exact) mass is 517 g/mol. The van der Waals surface area contributed by atoms with Crippen LogP contribution in [0.15, 0.2) is 62.7 Å². The molecule has 2 aromatic rings. The van der Waals surface area contributed by atoms with Crippen molar-refractivity contribution in [2.45, 2.75) is 16.2 Å². The van der Waals surface area contributed by atoms with E-state index in [1.54, 1.807) is 24.3 Å². The van der Waals surface area contributed by atoms with Gasteiger partial charge in [-0.1, -0.05) is 18.2 Å². The van der Waals surface area contributed by atoms with Crippen LogP contribution in [0.25, 0.3) is 22.3 Å². The summed E-state index contributed by atoms with van der Waals surface area (Å²) in [4.78, 5) is 10.7. The van der Waals surface area contributed by atoms with E-state index in [1.165, 1.54) is 25.2 Å². The number of anilines is 1. The lowest BCUT2D eigenvalue weighted by atomic mass is 9.92. The molecular formula is C22H19N3O8S2. The van der Waals surface area contributed by atoms with E-state index in [1.807, 2.05) is 0 Å². The summed E-state index contributed by atoms with van der Waals surface area (Å²) in [5, 5.41) is 10.1. The van der Waals surface area contributed by atoms with Crippen molar-refractivity contribution < 1.29 is 35.2 Å². The summed E-state index contributed by atoms with van der Waals surface area (Å²) < 4.78 is 73.9. The second-order valence-electron chi connectivity index (χ2n) is 7.62. The molecule has 182 valence electrons. The zero-order chi connectivity index (χ0) is 25.7. The lowest BCUT2D eigenvalue weighted by molar-refractivity contribution is 0.0962. The van der Waals surface area contributed by atoms with Gasteiger partial charge in [-0.2, -0.15) is 16.8 Å². The van der Waals surface area contributed by atoms with Gasteiger partial charge in [0.2, 0.25) is 0 Å². The van der Waals surface area contributed by atoms with Crippen LogP contribution in [-0.2, 0) is 26.7 Å². The molecule has 0 spiro atoms. The molecule has 13 heteroatoms. The Bertz CT molecular complexity index is 1760. The van der Waals surface area contributed by atoms with E-state index in [0.717, 1.165) is 6.07 Å². The molecule has 0 fully saturated rings. The van der Waals surface area contributed by atoms with Crippen molar-refractivity contribution in [2.24, 2.45) is 0 Å². The second-order valence-corrected chi connectivity index (χ2v) is 10.3. The SMILES string of the molecule is CNC(=O)c1ccccc1Cc1c2ccc(=N)c(S(=O)(=O)O)c-2oc2c(S(=O)(=O)O)c(N)ccc12. The summed E-state index contributed by atoms with van der Waals surface area (Å²) in [7, 11) is -8.48. The summed E-state index contributed by atoms with van der Waals surface area (Å²) in [6.45, 7) is 0. The highest BCUT2D eigenvalue weighted by atomic mass is 32.2. The normalized spacial score (nSPS) is 12.2. The quantitative estimate of drug-likeness (QED) is 0.149. The van der Waals surface area contributed by atoms with Crippen LogP contribution in [0.2, 0.25) is 0 Å². The molecule has 4 rings (SSSR count). The number of benzene rings is 3. The van der Waals surface area contributed by atoms with Crippen molar-refractivity contribution in [1.29, 1.82) is 5.41 Å². The maximum atomic E-state index is 12.4. The lowest BCUT2D eigenvalue weighted by Crippen LogP contribution is -2.20. The number of carbonyl (C=O) groups excluding carboxylic acids is 1. The van der Waals surface area contributed by atoms with Gasteiger partial charge >= 0.3 is 0 Å². The number of hydrogen-bond acceptors (Lipinski definition) is 8. The van der Waals surface area contributed by atoms with Crippen LogP contribution >= 0.6 is 0 Å². The van der Waals surface area contributed by atoms with Gasteiger partial charge in [0.25, 0.3) is 26.1 Å². The number of carbonyl (C=O) groups is 1. The van der Waals surface area contributed by atoms with Gasteiger partial charge in [0, 0.05) is 23.6 Å². The van der Waals surface area contributed by atoms with Gasteiger partial charge in [0.05, 0.1) is 11.0 Å². The Hall–Kier alpha value is -3.78. The highest BCUT2D eigenvalue weighted by Gasteiger charge is 2.30. The molecular weight excluding hydrogens is 498 g/mol. The number of hydrogen-bond donors (Lipinski definition) is 5. The molecule has 2 aromatic carbocycles. The number of rotatable bonds is 5. The predicted octanol–water partition coefficient (Wildman–Crippen LogP) is 2.04. The third kappa shape index (κ3) is 4.25. The van der Waals surface area contributed by atoms with E-state index in [4.69, 9.17) is 15.6 Å². The van der Waals surface area contributed by atoms with E-state index in [-0.39, 0.29) is 29.0 Å². The first kappa shape index (κ1) is 24.3. The molecule has 11 nitrogen and oxygen atoms in total. The van der Waals surface area contributed by atoms with Crippen molar-refractivity contribution in [2.75, 3.05) is 12.8 Å². The van der Waals surface area contributed by atoms with Crippen molar-refractivity contribution in [3.05, 3.63) is 70.6 Å². The molecule has 35 heavy (non-hydrogen) atoms. The molecule has 0 bridgehead atoms. The summed E-state index contributed by atoms with van der Waals surface area (Å²) in [5.74, 6) is -0.889. The molecule has 1 aliphatic carbocycles. The van der Waals surface area contributed by atoms with Crippen LogP contribution in [-0.4, -0.2) is 38.9 Å². The zero-order valence-electron chi connectivity index (χ0n) is 18.1. The highest BCUT2D eigenvalue weighted by Crippen LogP contribution is 2.41. The lowest BCUT2D eigenvalue weighted by Gasteiger charge is -2.19. The van der Waals surface area contributed by atoms with Crippen LogP contribution < -0.4 is 16.4 Å². The molecule has 0 aromatic heterocycles. The Morgan fingerprint density at radius 1 is 1.00 bits per heavy atom. The molecule has 1 amide bonds. The van der Waals surface area contributed by atoms with E-state index in [0.29, 0.717) is 16.7 Å². The minimum Gasteiger partial charge on any atom is -0.453 e. The van der Waals surface area contributed by atoms with Crippen LogP contribution in [0, 0.1) is 5.41 Å². The number of nitrogen functional groups attached to an aromatic ring is 1. The minimum atomic E-state index is -4.99. The summed E-state index contributed by atoms with van der Waals surface area (Å²) in [6, 6.07) is 11.8. The van der Waals surface area contributed by atoms with Crippen molar-refractivity contribution in [3.63, 3.8) is 0 Å². The molecule has 0 unspecified atom stereocenters. The number of fused-ring (bicyclic) bond motifs is 2. The Morgan fingerprint density at radius 3 is 2.29 bits per heavy atom. The largest absolute Gasteiger partial charge is 0.453 e. The van der Waals surface area contributed by atoms with Gasteiger partial charge in [-0.15, -0.1) is 0 Å². The van der Waals surface area contributed by atoms with Crippen molar-refractivity contribution in [1.82, 2.24) is 5.32 Å². The molecule has 0 atom stereocenters. The molecule has 0 saturated carbocycles. The fourth-order valence-corrected chi connectivity index (χ4v) is 5.48. The molecule has 6 N–H and O–H groups in total.